The molecule has 0 spiro atoms. The largest absolute Gasteiger partial charge is 0.502 e. The molecule has 0 saturated carbocycles. The third-order valence-electron chi connectivity index (χ3n) is 1.55. The van der Waals surface area contributed by atoms with Crippen LogP contribution < -0.4 is 0 Å². The zero-order valence-electron chi connectivity index (χ0n) is 13.2. The highest BCUT2D eigenvalue weighted by molar-refractivity contribution is 5.91. The lowest BCUT2D eigenvalue weighted by molar-refractivity contribution is -0.141. The van der Waals surface area contributed by atoms with Gasteiger partial charge in [-0.1, -0.05) is 6.58 Å². The first-order valence-electron chi connectivity index (χ1n) is 6.16. The Balaban J connectivity index is -0.000000291. The summed E-state index contributed by atoms with van der Waals surface area (Å²) in [6, 6.07) is 0. The molecular formula is C14H18O11. The fourth-order valence-corrected chi connectivity index (χ4v) is 0.615. The van der Waals surface area contributed by atoms with E-state index in [1.165, 1.54) is 0 Å². The van der Waals surface area contributed by atoms with E-state index in [9.17, 15) is 24.0 Å². The van der Waals surface area contributed by atoms with Gasteiger partial charge >= 0.3 is 29.8 Å². The van der Waals surface area contributed by atoms with E-state index in [-0.39, 0.29) is 12.2 Å². The molecule has 0 aliphatic rings. The van der Waals surface area contributed by atoms with Crippen molar-refractivity contribution in [2.24, 2.45) is 0 Å². The van der Waals surface area contributed by atoms with Gasteiger partial charge in [-0.2, -0.15) is 0 Å². The van der Waals surface area contributed by atoms with Crippen LogP contribution in [0.15, 0.2) is 36.6 Å². The average Bonchev–Trinajstić information content (AvgIpc) is 2.45. The molecule has 0 amide bonds. The summed E-state index contributed by atoms with van der Waals surface area (Å²) < 4.78 is 4.31. The van der Waals surface area contributed by atoms with Crippen molar-refractivity contribution in [3.05, 3.63) is 36.6 Å². The van der Waals surface area contributed by atoms with Gasteiger partial charge in [-0.3, -0.25) is 4.79 Å². The first-order valence-corrected chi connectivity index (χ1v) is 6.16. The molecule has 0 aromatic carbocycles. The maximum Gasteiger partial charge on any atom is 0.372 e. The van der Waals surface area contributed by atoms with Gasteiger partial charge < -0.3 is 30.3 Å². The van der Waals surface area contributed by atoms with E-state index in [0.717, 1.165) is 0 Å². The van der Waals surface area contributed by atoms with Gasteiger partial charge in [0.2, 0.25) is 0 Å². The van der Waals surface area contributed by atoms with E-state index in [2.05, 4.69) is 17.9 Å². The summed E-state index contributed by atoms with van der Waals surface area (Å²) in [5.41, 5.74) is -0.303. The lowest BCUT2D eigenvalue weighted by Gasteiger charge is -1.95. The van der Waals surface area contributed by atoms with Gasteiger partial charge in [-0.25, -0.2) is 19.2 Å². The van der Waals surface area contributed by atoms with Crippen LogP contribution >= 0.6 is 0 Å². The number of carboxylic acids is 4. The van der Waals surface area contributed by atoms with Crippen molar-refractivity contribution in [3.8, 4) is 0 Å². The molecule has 0 fully saturated rings. The molecule has 140 valence electrons. The molecule has 5 N–H and O–H groups in total. The van der Waals surface area contributed by atoms with Gasteiger partial charge in [0.05, 0.1) is 13.0 Å². The summed E-state index contributed by atoms with van der Waals surface area (Å²) in [7, 11) is 0. The van der Waals surface area contributed by atoms with Crippen LogP contribution in [0.1, 0.15) is 13.3 Å². The summed E-state index contributed by atoms with van der Waals surface area (Å²) in [5.74, 6) is -6.26. The third-order valence-corrected chi connectivity index (χ3v) is 1.55. The number of rotatable bonds is 7. The highest BCUT2D eigenvalue weighted by atomic mass is 16.5. The highest BCUT2D eigenvalue weighted by Gasteiger charge is 2.07. The van der Waals surface area contributed by atoms with E-state index < -0.39 is 42.0 Å². The van der Waals surface area contributed by atoms with Crippen LogP contribution in [-0.2, 0) is 28.7 Å². The van der Waals surface area contributed by atoms with Crippen molar-refractivity contribution < 1.29 is 54.2 Å². The number of hydrogen-bond donors (Lipinski definition) is 5. The second-order valence-electron chi connectivity index (χ2n) is 3.66. The number of aliphatic carboxylic acids is 4. The number of carbonyl (C=O) groups excluding carboxylic acids is 1. The summed E-state index contributed by atoms with van der Waals surface area (Å²) in [6.07, 6.45) is 0.611. The van der Waals surface area contributed by atoms with Crippen LogP contribution in [0.5, 0.6) is 0 Å². The molecule has 0 aliphatic carbocycles. The van der Waals surface area contributed by atoms with Gasteiger partial charge in [-0.15, -0.1) is 0 Å². The van der Waals surface area contributed by atoms with E-state index in [0.29, 0.717) is 12.2 Å². The van der Waals surface area contributed by atoms with Gasteiger partial charge in [0, 0.05) is 17.7 Å². The van der Waals surface area contributed by atoms with Crippen LogP contribution in [0.4, 0.5) is 0 Å². The van der Waals surface area contributed by atoms with E-state index in [1.54, 1.807) is 6.92 Å². The van der Waals surface area contributed by atoms with Gasteiger partial charge in [0.25, 0.3) is 0 Å². The SMILES string of the molecule is C=C(CC(=O)O)C(=O)O.C=C(O)C(=O)OCC.O=C(O)/C=C\C(=O)O. The first-order chi connectivity index (χ1) is 11.3. The lowest BCUT2D eigenvalue weighted by atomic mass is 10.2. The van der Waals surface area contributed by atoms with Crippen molar-refractivity contribution >= 4 is 29.8 Å². The first kappa shape index (κ1) is 26.3. The minimum atomic E-state index is -1.27. The topological polar surface area (TPSA) is 196 Å². The summed E-state index contributed by atoms with van der Waals surface area (Å²) in [6.45, 7) is 7.88. The van der Waals surface area contributed by atoms with Crippen molar-refractivity contribution in [1.29, 1.82) is 0 Å². The molecule has 25 heavy (non-hydrogen) atoms. The molecule has 0 bridgehead atoms. The van der Waals surface area contributed by atoms with Crippen molar-refractivity contribution in [2.45, 2.75) is 13.3 Å². The second-order valence-corrected chi connectivity index (χ2v) is 3.66. The smallest absolute Gasteiger partial charge is 0.372 e. The van der Waals surface area contributed by atoms with Crippen molar-refractivity contribution in [1.82, 2.24) is 0 Å². The number of hydrogen-bond acceptors (Lipinski definition) is 7. The lowest BCUT2D eigenvalue weighted by Crippen LogP contribution is -2.05. The molecule has 0 heterocycles. The number of carboxylic acid groups (broad SMARTS) is 4. The number of aliphatic hydroxyl groups is 1. The Morgan fingerprint density at radius 2 is 1.28 bits per heavy atom. The Hall–Kier alpha value is -3.63. The number of ether oxygens (including phenoxy) is 1. The molecule has 0 rings (SSSR count). The van der Waals surface area contributed by atoms with Gasteiger partial charge in [0.15, 0.2) is 5.76 Å². The number of esters is 1. The summed E-state index contributed by atoms with van der Waals surface area (Å²) in [4.78, 5) is 48.9. The quantitative estimate of drug-likeness (QED) is 0.239. The highest BCUT2D eigenvalue weighted by Crippen LogP contribution is 1.95. The Kier molecular flexibility index (Phi) is 16.1. The molecule has 0 radical (unpaired) electrons. The van der Waals surface area contributed by atoms with E-state index in [4.69, 9.17) is 25.5 Å². The molecule has 11 nitrogen and oxygen atoms in total. The molecule has 0 aliphatic heterocycles. The fourth-order valence-electron chi connectivity index (χ4n) is 0.615. The monoisotopic (exact) mass is 362 g/mol. The number of carbonyl (C=O) groups is 5. The van der Waals surface area contributed by atoms with Crippen molar-refractivity contribution in [3.63, 3.8) is 0 Å². The molecule has 11 heteroatoms. The Morgan fingerprint density at radius 1 is 0.880 bits per heavy atom. The van der Waals surface area contributed by atoms with Gasteiger partial charge in [-0.05, 0) is 13.5 Å². The molecular weight excluding hydrogens is 344 g/mol. The average molecular weight is 362 g/mol. The maximum absolute atomic E-state index is 10.2. The van der Waals surface area contributed by atoms with Crippen LogP contribution in [-0.4, -0.2) is 62.0 Å². The predicted molar refractivity (Wildman–Crippen MR) is 81.8 cm³/mol. The van der Waals surface area contributed by atoms with Crippen LogP contribution in [0.3, 0.4) is 0 Å². The standard InChI is InChI=1S/C5H6O4.C5H8O3.C4H4O4/c1-3(5(8)9)2-4(6)7;1-3-8-5(7)4(2)6;5-3(6)1-2-4(7)8/h1-2H2,(H,6,7)(H,8,9);6H,2-3H2,1H3;1-2H,(H,5,6)(H,7,8)/b;;2-1-. The van der Waals surface area contributed by atoms with E-state index in [1.807, 2.05) is 0 Å². The Morgan fingerprint density at radius 3 is 1.40 bits per heavy atom. The second kappa shape index (κ2) is 15.3. The fraction of sp³-hybridized carbons (Fsp3) is 0.214. The zero-order valence-corrected chi connectivity index (χ0v) is 13.2. The van der Waals surface area contributed by atoms with Crippen LogP contribution in [0.2, 0.25) is 0 Å². The summed E-state index contributed by atoms with van der Waals surface area (Å²) in [5, 5.41) is 40.0. The zero-order chi connectivity index (χ0) is 20.6. The molecule has 0 atom stereocenters. The predicted octanol–water partition coefficient (Wildman–Crippen LogP) is 0.435. The molecule has 0 unspecified atom stereocenters. The normalized spacial score (nSPS) is 8.68. The third kappa shape index (κ3) is 25.7. The van der Waals surface area contributed by atoms with Crippen molar-refractivity contribution in [2.75, 3.05) is 6.61 Å². The van der Waals surface area contributed by atoms with Gasteiger partial charge in [0.1, 0.15) is 0 Å². The maximum atomic E-state index is 10.2. The Bertz CT molecular complexity index is 541. The summed E-state index contributed by atoms with van der Waals surface area (Å²) >= 11 is 0. The molecule has 0 saturated heterocycles. The minimum absolute atomic E-state index is 0.262. The molecule has 0 aromatic heterocycles. The van der Waals surface area contributed by atoms with Crippen LogP contribution in [0, 0.1) is 0 Å². The van der Waals surface area contributed by atoms with Crippen LogP contribution in [0.25, 0.3) is 0 Å². The molecule has 0 aromatic rings. The number of aliphatic hydroxyl groups excluding tert-OH is 1. The minimum Gasteiger partial charge on any atom is -0.502 e. The van der Waals surface area contributed by atoms with E-state index >= 15 is 0 Å². The Labute approximate surface area is 141 Å².